The second kappa shape index (κ2) is 10.1. The number of H-pyrrole nitrogens is 1. The van der Waals surface area contributed by atoms with Crippen molar-refractivity contribution in [2.24, 2.45) is 17.8 Å². The van der Waals surface area contributed by atoms with Gasteiger partial charge in [0, 0.05) is 29.5 Å². The molecule has 1 N–H and O–H groups in total. The molecule has 9 nitrogen and oxygen atoms in total. The third-order valence-corrected chi connectivity index (χ3v) is 5.94. The minimum atomic E-state index is -0.927. The maximum atomic E-state index is 11.5. The highest BCUT2D eigenvalue weighted by Gasteiger charge is 2.48. The first-order valence-electron chi connectivity index (χ1n) is 11.0. The molecule has 0 aromatic carbocycles. The zero-order valence-corrected chi connectivity index (χ0v) is 18.3. The van der Waals surface area contributed by atoms with Crippen molar-refractivity contribution >= 4 is 23.7 Å². The van der Waals surface area contributed by atoms with E-state index in [2.05, 4.69) is 19.7 Å². The van der Waals surface area contributed by atoms with E-state index in [0.717, 1.165) is 30.2 Å². The van der Waals surface area contributed by atoms with Gasteiger partial charge in [0.15, 0.2) is 5.69 Å². The molecule has 0 spiro atoms. The fraction of sp³-hybridized carbons (Fsp3) is 0.682. The lowest BCUT2D eigenvalue weighted by Crippen LogP contribution is -2.19. The summed E-state index contributed by atoms with van der Waals surface area (Å²) in [7, 11) is 0. The molecular weight excluding hydrogens is 404 g/mol. The SMILES string of the molecule is CCOC(=O)C(=O)OCC.CCOC(=O)c1n[nH]c2c1C[C@H]1C[C@@H]21.O=C1CC[C@H]2C[C@@H]12. The van der Waals surface area contributed by atoms with Crippen molar-refractivity contribution in [1.82, 2.24) is 10.2 Å². The molecule has 4 aliphatic carbocycles. The van der Waals surface area contributed by atoms with Gasteiger partial charge >= 0.3 is 17.9 Å². The van der Waals surface area contributed by atoms with E-state index in [4.69, 9.17) is 4.74 Å². The van der Waals surface area contributed by atoms with Crippen LogP contribution in [0.3, 0.4) is 0 Å². The molecule has 3 saturated carbocycles. The van der Waals surface area contributed by atoms with Gasteiger partial charge in [-0.05, 0) is 58.3 Å². The highest BCUT2D eigenvalue weighted by Crippen LogP contribution is 2.56. The molecule has 0 aliphatic heterocycles. The number of nitrogens with one attached hydrogen (secondary N) is 1. The van der Waals surface area contributed by atoms with Gasteiger partial charge in [-0.25, -0.2) is 14.4 Å². The van der Waals surface area contributed by atoms with Crippen LogP contribution in [0, 0.1) is 17.8 Å². The van der Waals surface area contributed by atoms with Gasteiger partial charge in [0.25, 0.3) is 0 Å². The maximum absolute atomic E-state index is 11.5. The van der Waals surface area contributed by atoms with Crippen LogP contribution in [0.5, 0.6) is 0 Å². The van der Waals surface area contributed by atoms with Crippen molar-refractivity contribution in [2.75, 3.05) is 19.8 Å². The van der Waals surface area contributed by atoms with Gasteiger partial charge in [-0.2, -0.15) is 5.10 Å². The van der Waals surface area contributed by atoms with Crippen LogP contribution in [-0.4, -0.2) is 53.7 Å². The van der Waals surface area contributed by atoms with Crippen molar-refractivity contribution in [3.8, 4) is 0 Å². The van der Waals surface area contributed by atoms with Crippen LogP contribution < -0.4 is 0 Å². The van der Waals surface area contributed by atoms with Crippen LogP contribution in [0.4, 0.5) is 0 Å². The number of esters is 3. The molecule has 0 saturated heterocycles. The first-order valence-corrected chi connectivity index (χ1v) is 11.0. The lowest BCUT2D eigenvalue weighted by atomic mass is 10.1. The van der Waals surface area contributed by atoms with Crippen molar-refractivity contribution in [1.29, 1.82) is 0 Å². The van der Waals surface area contributed by atoms with E-state index in [-0.39, 0.29) is 19.2 Å². The first-order chi connectivity index (χ1) is 14.9. The predicted octanol–water partition coefficient (Wildman–Crippen LogP) is 2.34. The Hall–Kier alpha value is -2.71. The molecule has 3 fully saturated rings. The number of rotatable bonds is 4. The molecule has 4 aliphatic rings. The molecule has 1 heterocycles. The summed E-state index contributed by atoms with van der Waals surface area (Å²) in [6.07, 6.45) is 5.57. The monoisotopic (exact) mass is 434 g/mol. The molecule has 4 atom stereocenters. The summed E-state index contributed by atoms with van der Waals surface area (Å²) in [6, 6.07) is 0. The van der Waals surface area contributed by atoms with E-state index in [0.29, 0.717) is 29.9 Å². The second-order valence-corrected chi connectivity index (χ2v) is 8.04. The number of nitrogens with zero attached hydrogens (tertiary/aromatic N) is 1. The summed E-state index contributed by atoms with van der Waals surface area (Å²) < 4.78 is 13.6. The summed E-state index contributed by atoms with van der Waals surface area (Å²) in [5.74, 6) is 1.20. The van der Waals surface area contributed by atoms with E-state index in [1.807, 2.05) is 6.92 Å². The number of ether oxygens (including phenoxy) is 3. The molecule has 0 radical (unpaired) electrons. The zero-order chi connectivity index (χ0) is 22.5. The number of carbonyl (C=O) groups is 4. The lowest BCUT2D eigenvalue weighted by molar-refractivity contribution is -0.167. The minimum absolute atomic E-state index is 0.192. The summed E-state index contributed by atoms with van der Waals surface area (Å²) in [5.41, 5.74) is 2.79. The van der Waals surface area contributed by atoms with Crippen LogP contribution in [0.25, 0.3) is 0 Å². The van der Waals surface area contributed by atoms with Crippen molar-refractivity contribution < 1.29 is 33.4 Å². The summed E-state index contributed by atoms with van der Waals surface area (Å²) in [4.78, 5) is 43.0. The Morgan fingerprint density at radius 2 is 1.55 bits per heavy atom. The number of carbonyl (C=O) groups excluding carboxylic acids is 4. The molecular formula is C22H30N2O7. The Kier molecular flexibility index (Phi) is 7.46. The topological polar surface area (TPSA) is 125 Å². The Bertz CT molecular complexity index is 831. The molecule has 1 aromatic rings. The third kappa shape index (κ3) is 5.51. The van der Waals surface area contributed by atoms with E-state index < -0.39 is 11.9 Å². The molecule has 31 heavy (non-hydrogen) atoms. The average molecular weight is 434 g/mol. The van der Waals surface area contributed by atoms with Gasteiger partial charge in [0.2, 0.25) is 0 Å². The Balaban J connectivity index is 0.000000141. The number of ketones is 1. The number of fused-ring (bicyclic) bond motifs is 4. The minimum Gasteiger partial charge on any atom is -0.461 e. The summed E-state index contributed by atoms with van der Waals surface area (Å²) in [5, 5.41) is 7.00. The highest BCUT2D eigenvalue weighted by atomic mass is 16.6. The quantitative estimate of drug-likeness (QED) is 0.435. The van der Waals surface area contributed by atoms with Crippen LogP contribution in [-0.2, 0) is 35.0 Å². The van der Waals surface area contributed by atoms with Crippen molar-refractivity contribution in [3.05, 3.63) is 17.0 Å². The lowest BCUT2D eigenvalue weighted by Gasteiger charge is -1.99. The van der Waals surface area contributed by atoms with Crippen LogP contribution in [0.15, 0.2) is 0 Å². The second-order valence-electron chi connectivity index (χ2n) is 8.04. The fourth-order valence-corrected chi connectivity index (χ4v) is 4.20. The third-order valence-electron chi connectivity index (χ3n) is 5.94. The fourth-order valence-electron chi connectivity index (χ4n) is 4.20. The van der Waals surface area contributed by atoms with Crippen LogP contribution in [0.2, 0.25) is 0 Å². The van der Waals surface area contributed by atoms with Crippen LogP contribution in [0.1, 0.15) is 74.1 Å². The summed E-state index contributed by atoms with van der Waals surface area (Å²) in [6.45, 7) is 5.85. The van der Waals surface area contributed by atoms with E-state index in [1.165, 1.54) is 25.0 Å². The van der Waals surface area contributed by atoms with Gasteiger partial charge in [-0.3, -0.25) is 9.89 Å². The van der Waals surface area contributed by atoms with Crippen molar-refractivity contribution in [2.45, 2.75) is 58.8 Å². The number of aromatic amines is 1. The molecule has 0 bridgehead atoms. The van der Waals surface area contributed by atoms with Gasteiger partial charge in [0.1, 0.15) is 5.78 Å². The highest BCUT2D eigenvalue weighted by molar-refractivity contribution is 6.29. The number of hydrogen-bond acceptors (Lipinski definition) is 8. The van der Waals surface area contributed by atoms with Gasteiger partial charge in [-0.15, -0.1) is 0 Å². The zero-order valence-electron chi connectivity index (χ0n) is 18.3. The van der Waals surface area contributed by atoms with E-state index in [1.54, 1.807) is 13.8 Å². The standard InChI is InChI=1S/C10H12N2O2.C6H10O4.C6H8O/c1-2-14-10(13)9-7-4-5-3-6(5)8(7)11-12-9;1-3-9-5(7)6(8)10-4-2;7-6-2-1-4-3-5(4)6/h5-6H,2-4H2,1H3,(H,11,12);3-4H2,1-2H3;4-5H,1-3H2/t5-,6-;;4-,5+/m1.0/s1. The molecule has 1 aromatic heterocycles. The summed E-state index contributed by atoms with van der Waals surface area (Å²) >= 11 is 0. The first kappa shape index (κ1) is 23.0. The molecule has 0 unspecified atom stereocenters. The van der Waals surface area contributed by atoms with E-state index >= 15 is 0 Å². The normalized spacial score (nSPS) is 25.5. The molecule has 0 amide bonds. The Morgan fingerprint density at radius 3 is 2.00 bits per heavy atom. The predicted molar refractivity (Wildman–Crippen MR) is 108 cm³/mol. The van der Waals surface area contributed by atoms with Gasteiger partial charge in [-0.1, -0.05) is 0 Å². The van der Waals surface area contributed by atoms with Gasteiger partial charge in [0.05, 0.1) is 19.8 Å². The maximum Gasteiger partial charge on any atom is 0.417 e. The Labute approximate surface area is 181 Å². The number of Topliss-reactive ketones (excluding diaryl/α,β-unsaturated/α-hetero) is 1. The molecule has 9 heteroatoms. The molecule has 170 valence electrons. The number of aromatic nitrogens is 2. The number of hydrogen-bond donors (Lipinski definition) is 1. The van der Waals surface area contributed by atoms with Crippen LogP contribution >= 0.6 is 0 Å². The van der Waals surface area contributed by atoms with E-state index in [9.17, 15) is 19.2 Å². The molecule has 5 rings (SSSR count). The smallest absolute Gasteiger partial charge is 0.417 e. The van der Waals surface area contributed by atoms with Crippen molar-refractivity contribution in [3.63, 3.8) is 0 Å². The Morgan fingerprint density at radius 1 is 0.935 bits per heavy atom. The largest absolute Gasteiger partial charge is 0.461 e. The average Bonchev–Trinajstić information content (AvgIpc) is 3.57. The van der Waals surface area contributed by atoms with Gasteiger partial charge < -0.3 is 14.2 Å².